The zero-order chi connectivity index (χ0) is 18.4. The Hall–Kier alpha value is -2.71. The van der Waals surface area contributed by atoms with Gasteiger partial charge in [0.2, 0.25) is 0 Å². The van der Waals surface area contributed by atoms with E-state index in [1.54, 1.807) is 24.9 Å². The Morgan fingerprint density at radius 2 is 1.92 bits per heavy atom. The topological polar surface area (TPSA) is 62.1 Å². The zero-order valence-corrected chi connectivity index (χ0v) is 15.5. The van der Waals surface area contributed by atoms with Crippen molar-refractivity contribution < 1.29 is 9.53 Å². The molecule has 2 rings (SSSR count). The molecular formula is C20H20N2O2S. The van der Waals surface area contributed by atoms with E-state index in [0.29, 0.717) is 5.75 Å². The third-order valence-corrected chi connectivity index (χ3v) is 4.58. The Labute approximate surface area is 152 Å². The largest absolute Gasteiger partial charge is 0.496 e. The molecule has 0 atom stereocenters. The number of benzene rings is 2. The van der Waals surface area contributed by atoms with E-state index in [-0.39, 0.29) is 5.57 Å². The molecule has 2 aromatic rings. The number of ether oxygens (including phenoxy) is 1. The van der Waals surface area contributed by atoms with Crippen LogP contribution in [0.15, 0.2) is 46.9 Å². The second-order valence-electron chi connectivity index (χ2n) is 5.51. The lowest BCUT2D eigenvalue weighted by atomic mass is 10.1. The van der Waals surface area contributed by atoms with E-state index in [4.69, 9.17) is 4.74 Å². The van der Waals surface area contributed by atoms with Gasteiger partial charge in [-0.05, 0) is 55.0 Å². The fraction of sp³-hybridized carbons (Fsp3) is 0.200. The highest BCUT2D eigenvalue weighted by molar-refractivity contribution is 7.98. The van der Waals surface area contributed by atoms with Crippen molar-refractivity contribution in [2.45, 2.75) is 18.7 Å². The number of anilines is 1. The number of nitriles is 1. The monoisotopic (exact) mass is 352 g/mol. The number of hydrogen-bond donors (Lipinski definition) is 1. The highest BCUT2D eigenvalue weighted by Crippen LogP contribution is 2.29. The number of nitrogens with zero attached hydrogens (tertiary/aromatic N) is 1. The quantitative estimate of drug-likeness (QED) is 0.486. The van der Waals surface area contributed by atoms with E-state index in [1.165, 1.54) is 0 Å². The molecule has 0 radical (unpaired) electrons. The lowest BCUT2D eigenvalue weighted by molar-refractivity contribution is -0.112. The molecule has 0 aliphatic carbocycles. The van der Waals surface area contributed by atoms with Crippen LogP contribution in [0.5, 0.6) is 5.75 Å². The van der Waals surface area contributed by atoms with Crippen LogP contribution in [0.4, 0.5) is 5.69 Å². The van der Waals surface area contributed by atoms with Gasteiger partial charge in [0.25, 0.3) is 5.91 Å². The molecule has 0 aliphatic heterocycles. The minimum Gasteiger partial charge on any atom is -0.496 e. The van der Waals surface area contributed by atoms with Gasteiger partial charge in [-0.3, -0.25) is 4.79 Å². The molecular weight excluding hydrogens is 332 g/mol. The second kappa shape index (κ2) is 8.41. The van der Waals surface area contributed by atoms with Crippen LogP contribution in [0.25, 0.3) is 6.08 Å². The van der Waals surface area contributed by atoms with Crippen molar-refractivity contribution in [2.75, 3.05) is 18.7 Å². The normalized spacial score (nSPS) is 10.9. The minimum absolute atomic E-state index is 0.0432. The molecule has 0 spiro atoms. The molecule has 4 nitrogen and oxygen atoms in total. The lowest BCUT2D eigenvalue weighted by Gasteiger charge is -2.11. The Kier molecular flexibility index (Phi) is 6.26. The number of methoxy groups -OCH3 is 1. The van der Waals surface area contributed by atoms with E-state index in [0.717, 1.165) is 27.3 Å². The van der Waals surface area contributed by atoms with Gasteiger partial charge in [0.1, 0.15) is 17.4 Å². The van der Waals surface area contributed by atoms with E-state index in [9.17, 15) is 10.1 Å². The van der Waals surface area contributed by atoms with Crippen LogP contribution in [0, 0.1) is 25.2 Å². The van der Waals surface area contributed by atoms with Crippen LogP contribution in [0.2, 0.25) is 0 Å². The predicted molar refractivity (Wildman–Crippen MR) is 103 cm³/mol. The van der Waals surface area contributed by atoms with Crippen molar-refractivity contribution in [3.63, 3.8) is 0 Å². The Bertz CT molecular complexity index is 846. The standard InChI is InChI=1S/C20H20N2O2S/c1-13-6-5-7-14(2)19(13)22-20(23)16(12-21)10-15-8-9-18(25-4)17(11-15)24-3/h5-11H,1-4H3,(H,22,23)/b16-10-. The highest BCUT2D eigenvalue weighted by Gasteiger charge is 2.13. The SMILES string of the molecule is COc1cc(/C=C(/C#N)C(=O)Nc2c(C)cccc2C)ccc1SC. The maximum absolute atomic E-state index is 12.5. The fourth-order valence-corrected chi connectivity index (χ4v) is 3.00. The van der Waals surface area contributed by atoms with Gasteiger partial charge >= 0.3 is 0 Å². The highest BCUT2D eigenvalue weighted by atomic mass is 32.2. The van der Waals surface area contributed by atoms with Gasteiger partial charge in [-0.1, -0.05) is 24.3 Å². The van der Waals surface area contributed by atoms with Crippen LogP contribution in [0.1, 0.15) is 16.7 Å². The molecule has 0 bridgehead atoms. The van der Waals surface area contributed by atoms with Crippen molar-refractivity contribution in [1.82, 2.24) is 0 Å². The number of amides is 1. The summed E-state index contributed by atoms with van der Waals surface area (Å²) in [7, 11) is 1.60. The molecule has 25 heavy (non-hydrogen) atoms. The molecule has 1 amide bonds. The van der Waals surface area contributed by atoms with Crippen molar-refractivity contribution in [1.29, 1.82) is 5.26 Å². The van der Waals surface area contributed by atoms with Crippen LogP contribution >= 0.6 is 11.8 Å². The summed E-state index contributed by atoms with van der Waals surface area (Å²) < 4.78 is 5.35. The number of rotatable bonds is 5. The average molecular weight is 352 g/mol. The Morgan fingerprint density at radius 3 is 2.48 bits per heavy atom. The van der Waals surface area contributed by atoms with E-state index >= 15 is 0 Å². The van der Waals surface area contributed by atoms with Gasteiger partial charge in [-0.25, -0.2) is 0 Å². The second-order valence-corrected chi connectivity index (χ2v) is 6.35. The molecule has 0 heterocycles. The zero-order valence-electron chi connectivity index (χ0n) is 14.7. The average Bonchev–Trinajstić information content (AvgIpc) is 2.62. The van der Waals surface area contributed by atoms with Crippen molar-refractivity contribution in [3.8, 4) is 11.8 Å². The molecule has 0 saturated carbocycles. The molecule has 0 saturated heterocycles. The number of carbonyl (C=O) groups excluding carboxylic acids is 1. The summed E-state index contributed by atoms with van der Waals surface area (Å²) in [6.45, 7) is 3.84. The van der Waals surface area contributed by atoms with Crippen molar-refractivity contribution >= 4 is 29.4 Å². The van der Waals surface area contributed by atoms with Crippen molar-refractivity contribution in [2.24, 2.45) is 0 Å². The van der Waals surface area contributed by atoms with Crippen molar-refractivity contribution in [3.05, 3.63) is 58.7 Å². The third-order valence-electron chi connectivity index (χ3n) is 3.80. The van der Waals surface area contributed by atoms with Gasteiger partial charge in [0, 0.05) is 10.6 Å². The predicted octanol–water partition coefficient (Wildman–Crippen LogP) is 4.58. The van der Waals surface area contributed by atoms with Gasteiger partial charge in [-0.15, -0.1) is 11.8 Å². The molecule has 0 unspecified atom stereocenters. The summed E-state index contributed by atoms with van der Waals surface area (Å²) in [6, 6.07) is 13.3. The molecule has 1 N–H and O–H groups in total. The molecule has 0 fully saturated rings. The van der Waals surface area contributed by atoms with Crippen LogP contribution < -0.4 is 10.1 Å². The number of aryl methyl sites for hydroxylation is 2. The third kappa shape index (κ3) is 4.43. The van der Waals surface area contributed by atoms with Gasteiger partial charge in [0.05, 0.1) is 7.11 Å². The first-order valence-electron chi connectivity index (χ1n) is 7.71. The van der Waals surface area contributed by atoms with E-state index < -0.39 is 5.91 Å². The summed E-state index contributed by atoms with van der Waals surface area (Å²) in [6.07, 6.45) is 3.53. The van der Waals surface area contributed by atoms with Crippen LogP contribution in [-0.4, -0.2) is 19.3 Å². The van der Waals surface area contributed by atoms with E-state index in [1.807, 2.05) is 62.6 Å². The first-order valence-corrected chi connectivity index (χ1v) is 8.94. The van der Waals surface area contributed by atoms with E-state index in [2.05, 4.69) is 5.32 Å². The smallest absolute Gasteiger partial charge is 0.266 e. The summed E-state index contributed by atoms with van der Waals surface area (Å²) in [4.78, 5) is 13.5. The lowest BCUT2D eigenvalue weighted by Crippen LogP contribution is -2.15. The molecule has 2 aromatic carbocycles. The Balaban J connectivity index is 2.31. The number of carbonyl (C=O) groups is 1. The first-order chi connectivity index (χ1) is 12.0. The summed E-state index contributed by atoms with van der Waals surface area (Å²) in [5.41, 5.74) is 3.43. The number of thioether (sulfide) groups is 1. The molecule has 5 heteroatoms. The van der Waals surface area contributed by atoms with Gasteiger partial charge in [-0.2, -0.15) is 5.26 Å². The fourth-order valence-electron chi connectivity index (χ4n) is 2.45. The van der Waals surface area contributed by atoms with Crippen LogP contribution in [-0.2, 0) is 4.79 Å². The minimum atomic E-state index is -0.423. The summed E-state index contributed by atoms with van der Waals surface area (Å²) in [5.74, 6) is 0.293. The van der Waals surface area contributed by atoms with Gasteiger partial charge in [0.15, 0.2) is 0 Å². The Morgan fingerprint density at radius 1 is 1.24 bits per heavy atom. The number of para-hydroxylation sites is 1. The number of hydrogen-bond acceptors (Lipinski definition) is 4. The van der Waals surface area contributed by atoms with Gasteiger partial charge < -0.3 is 10.1 Å². The maximum atomic E-state index is 12.5. The number of nitrogens with one attached hydrogen (secondary N) is 1. The maximum Gasteiger partial charge on any atom is 0.266 e. The molecule has 0 aliphatic rings. The van der Waals surface area contributed by atoms with Crippen LogP contribution in [0.3, 0.4) is 0 Å². The summed E-state index contributed by atoms with van der Waals surface area (Å²) >= 11 is 1.57. The first kappa shape index (κ1) is 18.6. The summed E-state index contributed by atoms with van der Waals surface area (Å²) in [5, 5.41) is 12.2. The molecule has 0 aromatic heterocycles. The molecule has 128 valence electrons.